The molecule has 1 aliphatic rings. The molecule has 1 fully saturated rings. The SMILES string of the molecule is CC1OC(C)(C)C1(C)CO. The summed E-state index contributed by atoms with van der Waals surface area (Å²) in [5.41, 5.74) is -0.200. The van der Waals surface area contributed by atoms with E-state index < -0.39 is 0 Å². The van der Waals surface area contributed by atoms with Crippen LogP contribution in [0.1, 0.15) is 27.7 Å². The van der Waals surface area contributed by atoms with Crippen LogP contribution in [0.15, 0.2) is 0 Å². The number of hydrogen-bond donors (Lipinski definition) is 1. The van der Waals surface area contributed by atoms with E-state index in [1.807, 2.05) is 20.8 Å². The van der Waals surface area contributed by atoms with Crippen LogP contribution in [0, 0.1) is 5.41 Å². The second-order valence-corrected chi connectivity index (χ2v) is 3.85. The zero-order valence-corrected chi connectivity index (χ0v) is 7.14. The van der Waals surface area contributed by atoms with Crippen LogP contribution < -0.4 is 0 Å². The summed E-state index contributed by atoms with van der Waals surface area (Å²) in [5.74, 6) is 0. The maximum Gasteiger partial charge on any atom is 0.0730 e. The van der Waals surface area contributed by atoms with E-state index >= 15 is 0 Å². The second-order valence-electron chi connectivity index (χ2n) is 3.85. The van der Waals surface area contributed by atoms with Crippen LogP contribution in [0.5, 0.6) is 0 Å². The average molecular weight is 144 g/mol. The van der Waals surface area contributed by atoms with Gasteiger partial charge in [0.15, 0.2) is 0 Å². The topological polar surface area (TPSA) is 29.5 Å². The van der Waals surface area contributed by atoms with Crippen molar-refractivity contribution in [2.75, 3.05) is 6.61 Å². The summed E-state index contributed by atoms with van der Waals surface area (Å²) in [5, 5.41) is 9.07. The molecule has 0 radical (unpaired) electrons. The van der Waals surface area contributed by atoms with Crippen LogP contribution in [0.3, 0.4) is 0 Å². The molecule has 10 heavy (non-hydrogen) atoms. The van der Waals surface area contributed by atoms with Crippen molar-refractivity contribution < 1.29 is 9.84 Å². The van der Waals surface area contributed by atoms with Gasteiger partial charge in [-0.15, -0.1) is 0 Å². The summed E-state index contributed by atoms with van der Waals surface area (Å²) >= 11 is 0. The summed E-state index contributed by atoms with van der Waals surface area (Å²) in [6, 6.07) is 0. The van der Waals surface area contributed by atoms with Gasteiger partial charge in [0.05, 0.1) is 18.3 Å². The highest BCUT2D eigenvalue weighted by Crippen LogP contribution is 2.48. The van der Waals surface area contributed by atoms with Crippen molar-refractivity contribution in [3.05, 3.63) is 0 Å². The lowest BCUT2D eigenvalue weighted by Crippen LogP contribution is -2.65. The van der Waals surface area contributed by atoms with Crippen molar-refractivity contribution in [2.45, 2.75) is 39.4 Å². The highest BCUT2D eigenvalue weighted by atomic mass is 16.5. The number of aliphatic hydroxyl groups excluding tert-OH is 1. The number of rotatable bonds is 1. The van der Waals surface area contributed by atoms with Crippen LogP contribution in [0.2, 0.25) is 0 Å². The fraction of sp³-hybridized carbons (Fsp3) is 1.00. The monoisotopic (exact) mass is 144 g/mol. The van der Waals surface area contributed by atoms with Gasteiger partial charge in [-0.05, 0) is 20.8 Å². The zero-order valence-electron chi connectivity index (χ0n) is 7.14. The van der Waals surface area contributed by atoms with Gasteiger partial charge >= 0.3 is 0 Å². The lowest BCUT2D eigenvalue weighted by atomic mass is 9.67. The van der Waals surface area contributed by atoms with Gasteiger partial charge in [-0.2, -0.15) is 0 Å². The minimum absolute atomic E-state index is 0.0486. The predicted octanol–water partition coefficient (Wildman–Crippen LogP) is 1.18. The molecule has 2 atom stereocenters. The molecule has 0 saturated carbocycles. The quantitative estimate of drug-likeness (QED) is 0.599. The van der Waals surface area contributed by atoms with Gasteiger partial charge in [-0.3, -0.25) is 0 Å². The van der Waals surface area contributed by atoms with Crippen LogP contribution in [-0.2, 0) is 4.74 Å². The molecule has 1 saturated heterocycles. The van der Waals surface area contributed by atoms with E-state index in [0.717, 1.165) is 0 Å². The third-order valence-electron chi connectivity index (χ3n) is 3.07. The third kappa shape index (κ3) is 0.722. The van der Waals surface area contributed by atoms with Crippen molar-refractivity contribution in [1.82, 2.24) is 0 Å². The Bertz CT molecular complexity index is 142. The maximum atomic E-state index is 9.07. The van der Waals surface area contributed by atoms with Gasteiger partial charge in [0.25, 0.3) is 0 Å². The van der Waals surface area contributed by atoms with Crippen LogP contribution in [-0.4, -0.2) is 23.4 Å². The smallest absolute Gasteiger partial charge is 0.0730 e. The summed E-state index contributed by atoms with van der Waals surface area (Å²) in [4.78, 5) is 0. The molecule has 0 aromatic rings. The molecule has 1 heterocycles. The first-order valence-electron chi connectivity index (χ1n) is 3.73. The van der Waals surface area contributed by atoms with E-state index in [9.17, 15) is 0 Å². The molecule has 0 aromatic heterocycles. The standard InChI is InChI=1S/C8H16O2/c1-6-8(4,5-9)7(2,3)10-6/h6,9H,5H2,1-4H3. The Kier molecular flexibility index (Phi) is 1.57. The Morgan fingerprint density at radius 2 is 1.90 bits per heavy atom. The molecular formula is C8H16O2. The summed E-state index contributed by atoms with van der Waals surface area (Å²) < 4.78 is 5.47. The summed E-state index contributed by atoms with van der Waals surface area (Å²) in [6.07, 6.45) is 0.187. The van der Waals surface area contributed by atoms with E-state index in [4.69, 9.17) is 9.84 Å². The van der Waals surface area contributed by atoms with Gasteiger partial charge in [0.1, 0.15) is 0 Å². The minimum atomic E-state index is -0.152. The highest BCUT2D eigenvalue weighted by molar-refractivity contribution is 5.03. The molecule has 0 aliphatic carbocycles. The van der Waals surface area contributed by atoms with Crippen molar-refractivity contribution in [3.8, 4) is 0 Å². The van der Waals surface area contributed by atoms with Gasteiger partial charge < -0.3 is 9.84 Å². The average Bonchev–Trinajstić information content (AvgIpc) is 1.85. The number of ether oxygens (including phenoxy) is 1. The zero-order chi connectivity index (χ0) is 7.99. The lowest BCUT2D eigenvalue weighted by molar-refractivity contribution is -0.300. The van der Waals surface area contributed by atoms with E-state index in [0.29, 0.717) is 0 Å². The van der Waals surface area contributed by atoms with Crippen LogP contribution in [0.4, 0.5) is 0 Å². The van der Waals surface area contributed by atoms with Crippen molar-refractivity contribution >= 4 is 0 Å². The molecule has 1 N–H and O–H groups in total. The normalized spacial score (nSPS) is 44.7. The Balaban J connectivity index is 2.73. The summed E-state index contributed by atoms with van der Waals surface area (Å²) in [6.45, 7) is 8.30. The first kappa shape index (κ1) is 8.02. The molecule has 0 bridgehead atoms. The molecule has 0 spiro atoms. The Morgan fingerprint density at radius 1 is 1.40 bits per heavy atom. The van der Waals surface area contributed by atoms with Gasteiger partial charge in [-0.25, -0.2) is 0 Å². The highest BCUT2D eigenvalue weighted by Gasteiger charge is 2.56. The molecule has 2 unspecified atom stereocenters. The first-order valence-corrected chi connectivity index (χ1v) is 3.73. The van der Waals surface area contributed by atoms with Crippen molar-refractivity contribution in [3.63, 3.8) is 0 Å². The molecule has 0 aromatic carbocycles. The fourth-order valence-corrected chi connectivity index (χ4v) is 1.46. The molecular weight excluding hydrogens is 128 g/mol. The number of hydrogen-bond acceptors (Lipinski definition) is 2. The van der Waals surface area contributed by atoms with Crippen LogP contribution >= 0.6 is 0 Å². The summed E-state index contributed by atoms with van der Waals surface area (Å²) in [7, 11) is 0. The lowest BCUT2D eigenvalue weighted by Gasteiger charge is -2.58. The molecule has 2 nitrogen and oxygen atoms in total. The van der Waals surface area contributed by atoms with Gasteiger partial charge in [0, 0.05) is 5.41 Å². The van der Waals surface area contributed by atoms with E-state index in [-0.39, 0.29) is 23.7 Å². The molecule has 1 aliphatic heterocycles. The molecule has 1 rings (SSSR count). The second kappa shape index (κ2) is 1.95. The molecule has 60 valence electrons. The van der Waals surface area contributed by atoms with E-state index in [2.05, 4.69) is 6.92 Å². The third-order valence-corrected chi connectivity index (χ3v) is 3.07. The predicted molar refractivity (Wildman–Crippen MR) is 39.8 cm³/mol. The number of aliphatic hydroxyl groups is 1. The van der Waals surface area contributed by atoms with Crippen LogP contribution in [0.25, 0.3) is 0 Å². The first-order chi connectivity index (χ1) is 4.44. The minimum Gasteiger partial charge on any atom is -0.396 e. The Labute approximate surface area is 62.2 Å². The van der Waals surface area contributed by atoms with Gasteiger partial charge in [0.2, 0.25) is 0 Å². The maximum absolute atomic E-state index is 9.07. The fourth-order valence-electron chi connectivity index (χ4n) is 1.46. The molecule has 0 amide bonds. The Hall–Kier alpha value is -0.0800. The Morgan fingerprint density at radius 3 is 2.00 bits per heavy atom. The van der Waals surface area contributed by atoms with Crippen molar-refractivity contribution in [2.24, 2.45) is 5.41 Å². The van der Waals surface area contributed by atoms with Gasteiger partial charge in [-0.1, -0.05) is 6.92 Å². The van der Waals surface area contributed by atoms with E-state index in [1.54, 1.807) is 0 Å². The van der Waals surface area contributed by atoms with Crippen molar-refractivity contribution in [1.29, 1.82) is 0 Å². The molecule has 2 heteroatoms. The van der Waals surface area contributed by atoms with E-state index in [1.165, 1.54) is 0 Å². The largest absolute Gasteiger partial charge is 0.396 e.